The van der Waals surface area contributed by atoms with Gasteiger partial charge in [0.1, 0.15) is 0 Å². The van der Waals surface area contributed by atoms with Crippen molar-refractivity contribution in [2.45, 2.75) is 6.92 Å². The Morgan fingerprint density at radius 3 is 1.14 bits per heavy atom. The molecule has 0 saturated heterocycles. The summed E-state index contributed by atoms with van der Waals surface area (Å²) in [5.41, 5.74) is 0. The number of rotatable bonds is 1. The molecule has 0 fully saturated rings. The van der Waals surface area contributed by atoms with Crippen molar-refractivity contribution in [1.82, 2.24) is 9.80 Å². The first kappa shape index (κ1) is 43.1. The Morgan fingerprint density at radius 2 is 1.05 bits per heavy atom. The molecule has 0 aromatic rings. The van der Waals surface area contributed by atoms with E-state index in [0.29, 0.717) is 0 Å². The first-order valence-electron chi connectivity index (χ1n) is 4.50. The molecule has 0 spiro atoms. The molecule has 1 rings (SSSR count). The van der Waals surface area contributed by atoms with Crippen molar-refractivity contribution in [3.8, 4) is 39.4 Å². The molecule has 0 aliphatic carbocycles. The zero-order valence-corrected chi connectivity index (χ0v) is 13.1. The quantitative estimate of drug-likeness (QED) is 0.656. The second-order valence-corrected chi connectivity index (χ2v) is 2.10. The Hall–Kier alpha value is -3.20. The molecular formula is C12H18FeN8. The summed E-state index contributed by atoms with van der Waals surface area (Å²) < 4.78 is 0. The molecule has 8 nitrogen and oxygen atoms in total. The van der Waals surface area contributed by atoms with Gasteiger partial charge in [0.25, 0.3) is 0 Å². The number of nitrogens with zero attached hydrogens (tertiary/aromatic N) is 8. The molecule has 9 heteroatoms. The molecule has 0 saturated carbocycles. The van der Waals surface area contributed by atoms with Crippen LogP contribution in [0.5, 0.6) is 0 Å². The summed E-state index contributed by atoms with van der Waals surface area (Å²) >= 11 is 0. The summed E-state index contributed by atoms with van der Waals surface area (Å²) in [7, 11) is 2.08. The maximum absolute atomic E-state index is 6.50. The van der Waals surface area contributed by atoms with E-state index in [0.717, 1.165) is 13.2 Å². The van der Waals surface area contributed by atoms with E-state index >= 15 is 0 Å². The fraction of sp³-hybridized carbons (Fsp3) is 0.333. The average Bonchev–Trinajstić information content (AvgIpc) is 3.04. The van der Waals surface area contributed by atoms with Gasteiger partial charge >= 0.3 is 0 Å². The normalized spacial score (nSPS) is 7.52. The molecule has 114 valence electrons. The molecule has 21 heavy (non-hydrogen) atoms. The van der Waals surface area contributed by atoms with Gasteiger partial charge in [0, 0.05) is 82.5 Å². The SMILES string of the molecule is C#N.C#N.C#N.C#N.C#N.C#N.CCN1C=CN(C)C1.[Fe]. The van der Waals surface area contributed by atoms with Gasteiger partial charge in [-0.2, -0.15) is 0 Å². The van der Waals surface area contributed by atoms with E-state index in [2.05, 4.69) is 75.6 Å². The van der Waals surface area contributed by atoms with Gasteiger partial charge in [-0.1, -0.05) is 0 Å². The van der Waals surface area contributed by atoms with Crippen LogP contribution in [-0.2, 0) is 17.1 Å². The number of hydrogen-bond acceptors (Lipinski definition) is 8. The van der Waals surface area contributed by atoms with Crippen molar-refractivity contribution in [2.75, 3.05) is 20.3 Å². The van der Waals surface area contributed by atoms with Crippen LogP contribution in [0.3, 0.4) is 0 Å². The Kier molecular flexibility index (Phi) is 186. The van der Waals surface area contributed by atoms with E-state index in [1.807, 2.05) is 0 Å². The van der Waals surface area contributed by atoms with Crippen molar-refractivity contribution in [1.29, 1.82) is 31.6 Å². The molecule has 0 amide bonds. The zero-order valence-electron chi connectivity index (χ0n) is 12.0. The third-order valence-electron chi connectivity index (χ3n) is 1.34. The number of hydrogen-bond donors (Lipinski definition) is 0. The van der Waals surface area contributed by atoms with Gasteiger partial charge in [-0.05, 0) is 6.92 Å². The monoisotopic (exact) mass is 330 g/mol. The largest absolute Gasteiger partial charge is 0.362 e. The smallest absolute Gasteiger partial charge is 0.0890 e. The topological polar surface area (TPSA) is 149 Å². The van der Waals surface area contributed by atoms with Crippen LogP contribution >= 0.6 is 0 Å². The summed E-state index contributed by atoms with van der Waals surface area (Å²) in [6.45, 7) is 25.3. The first-order valence-corrected chi connectivity index (χ1v) is 4.50. The van der Waals surface area contributed by atoms with Crippen LogP contribution in [0.2, 0.25) is 0 Å². The van der Waals surface area contributed by atoms with Crippen molar-refractivity contribution in [3.05, 3.63) is 12.4 Å². The molecule has 0 unspecified atom stereocenters. The summed E-state index contributed by atoms with van der Waals surface area (Å²) in [6.07, 6.45) is 4.20. The third kappa shape index (κ3) is 60.5. The Bertz CT molecular complexity index is 253. The summed E-state index contributed by atoms with van der Waals surface area (Å²) in [5.74, 6) is 0. The van der Waals surface area contributed by atoms with Gasteiger partial charge in [-0.25, -0.2) is 31.6 Å². The Labute approximate surface area is 138 Å². The van der Waals surface area contributed by atoms with Crippen molar-refractivity contribution in [3.63, 3.8) is 0 Å². The number of nitriles is 6. The first-order chi connectivity index (χ1) is 9.83. The molecule has 0 radical (unpaired) electrons. The third-order valence-corrected chi connectivity index (χ3v) is 1.34. The van der Waals surface area contributed by atoms with E-state index < -0.39 is 0 Å². The van der Waals surface area contributed by atoms with Crippen LogP contribution in [0.1, 0.15) is 6.92 Å². The molecule has 1 aliphatic rings. The summed E-state index contributed by atoms with van der Waals surface area (Å²) in [4.78, 5) is 4.41. The molecule has 1 aliphatic heterocycles. The zero-order chi connectivity index (χ0) is 18.0. The predicted molar refractivity (Wildman–Crippen MR) is 74.2 cm³/mol. The second-order valence-electron chi connectivity index (χ2n) is 2.10. The van der Waals surface area contributed by atoms with Crippen LogP contribution in [-0.4, -0.2) is 30.1 Å². The molecule has 1 heterocycles. The molecule has 0 atom stereocenters. The average molecular weight is 330 g/mol. The van der Waals surface area contributed by atoms with Crippen LogP contribution in [0, 0.1) is 71.0 Å². The van der Waals surface area contributed by atoms with Gasteiger partial charge in [0.05, 0.1) is 6.67 Å². The van der Waals surface area contributed by atoms with E-state index in [9.17, 15) is 0 Å². The van der Waals surface area contributed by atoms with E-state index in [-0.39, 0.29) is 17.1 Å². The second kappa shape index (κ2) is 90.7. The van der Waals surface area contributed by atoms with Crippen molar-refractivity contribution < 1.29 is 17.1 Å². The standard InChI is InChI=1S/C6H12N2.6CHN.Fe/c1-3-8-5-4-7(2)6-8;6*1-2;/h4-5H,3,6H2,1-2H3;6*1H;. The van der Waals surface area contributed by atoms with Gasteiger partial charge in [-0.15, -0.1) is 0 Å². The van der Waals surface area contributed by atoms with E-state index in [1.165, 1.54) is 0 Å². The van der Waals surface area contributed by atoms with Gasteiger partial charge in [0.2, 0.25) is 0 Å². The van der Waals surface area contributed by atoms with Crippen LogP contribution in [0.4, 0.5) is 0 Å². The minimum Gasteiger partial charge on any atom is -0.362 e. The van der Waals surface area contributed by atoms with E-state index in [1.54, 1.807) is 0 Å². The van der Waals surface area contributed by atoms with Gasteiger partial charge in [-0.3, -0.25) is 0 Å². The van der Waals surface area contributed by atoms with Crippen LogP contribution in [0.25, 0.3) is 0 Å². The van der Waals surface area contributed by atoms with Gasteiger partial charge < -0.3 is 9.80 Å². The molecular weight excluding hydrogens is 312 g/mol. The molecule has 0 N–H and O–H groups in total. The maximum Gasteiger partial charge on any atom is 0.0890 e. The fourth-order valence-corrected chi connectivity index (χ4v) is 0.794. The van der Waals surface area contributed by atoms with Crippen molar-refractivity contribution in [2.24, 2.45) is 0 Å². The Morgan fingerprint density at radius 1 is 0.762 bits per heavy atom. The summed E-state index contributed by atoms with van der Waals surface area (Å²) in [6, 6.07) is 0. The Balaban J connectivity index is -0.0000000261. The fourth-order valence-electron chi connectivity index (χ4n) is 0.794. The molecule has 0 aromatic heterocycles. The minimum absolute atomic E-state index is 0. The molecule has 0 aromatic carbocycles. The summed E-state index contributed by atoms with van der Waals surface area (Å²) in [5, 5.41) is 39.0. The maximum atomic E-state index is 6.50. The molecule has 0 bridgehead atoms. The van der Waals surface area contributed by atoms with Crippen molar-refractivity contribution >= 4 is 0 Å². The minimum atomic E-state index is 0. The predicted octanol–water partition coefficient (Wildman–Crippen LogP) is 1.52. The van der Waals surface area contributed by atoms with Gasteiger partial charge in [0.15, 0.2) is 0 Å². The van der Waals surface area contributed by atoms with Crippen LogP contribution in [0.15, 0.2) is 12.4 Å². The van der Waals surface area contributed by atoms with E-state index in [4.69, 9.17) is 31.6 Å². The van der Waals surface area contributed by atoms with Crippen LogP contribution < -0.4 is 0 Å².